The van der Waals surface area contributed by atoms with Crippen molar-refractivity contribution in [3.63, 3.8) is 0 Å². The van der Waals surface area contributed by atoms with Crippen molar-refractivity contribution >= 4 is 0 Å². The number of hydrogen-bond donors (Lipinski definition) is 1. The zero-order valence-electron chi connectivity index (χ0n) is 8.50. The molecule has 1 saturated heterocycles. The molecule has 0 aromatic heterocycles. The lowest BCUT2D eigenvalue weighted by molar-refractivity contribution is 0.164. The van der Waals surface area contributed by atoms with Crippen LogP contribution in [0.25, 0.3) is 0 Å². The summed E-state index contributed by atoms with van der Waals surface area (Å²) in [6.45, 7) is 5.63. The molecule has 0 aliphatic carbocycles. The van der Waals surface area contributed by atoms with Gasteiger partial charge in [-0.1, -0.05) is 6.92 Å². The highest BCUT2D eigenvalue weighted by atomic mass is 15.1. The van der Waals surface area contributed by atoms with Gasteiger partial charge < -0.3 is 10.6 Å². The molecule has 2 unspecified atom stereocenters. The molecule has 0 amide bonds. The third-order valence-corrected chi connectivity index (χ3v) is 2.56. The van der Waals surface area contributed by atoms with E-state index in [1.54, 1.807) is 0 Å². The van der Waals surface area contributed by atoms with Crippen molar-refractivity contribution < 1.29 is 0 Å². The second kappa shape index (κ2) is 5.26. The highest BCUT2D eigenvalue weighted by molar-refractivity contribution is 4.85. The Morgan fingerprint density at radius 2 is 2.31 bits per heavy atom. The van der Waals surface area contributed by atoms with Gasteiger partial charge in [0.25, 0.3) is 0 Å². The van der Waals surface area contributed by atoms with E-state index >= 15 is 0 Å². The van der Waals surface area contributed by atoms with Crippen LogP contribution >= 0.6 is 0 Å². The van der Waals surface area contributed by atoms with Crippen LogP contribution in [0.2, 0.25) is 0 Å². The fraction of sp³-hybridized carbons (Fsp3) is 0.818. The van der Waals surface area contributed by atoms with E-state index in [0.717, 1.165) is 31.8 Å². The zero-order valence-corrected chi connectivity index (χ0v) is 8.50. The fourth-order valence-electron chi connectivity index (χ4n) is 2.10. The second-order valence-electron chi connectivity index (χ2n) is 4.17. The molecule has 0 spiro atoms. The minimum Gasteiger partial charge on any atom is -0.327 e. The van der Waals surface area contributed by atoms with Crippen LogP contribution in [0.5, 0.6) is 0 Å². The zero-order chi connectivity index (χ0) is 9.68. The number of nitrogens with zero attached hydrogens (tertiary/aromatic N) is 1. The van der Waals surface area contributed by atoms with Crippen LogP contribution in [0, 0.1) is 18.3 Å². The van der Waals surface area contributed by atoms with Gasteiger partial charge in [-0.15, -0.1) is 12.3 Å². The number of nitrogens with two attached hydrogens (primary N) is 1. The molecule has 0 radical (unpaired) electrons. The monoisotopic (exact) mass is 180 g/mol. The average Bonchev–Trinajstić information content (AvgIpc) is 2.03. The van der Waals surface area contributed by atoms with Gasteiger partial charge in [0.05, 0.1) is 0 Å². The predicted octanol–water partition coefficient (Wildman–Crippen LogP) is 1.07. The standard InChI is InChI=1S/C11H20N2/c1-3-4-5-6-13-8-10(2)7-11(12)9-13/h1,10-11H,4-9,12H2,2H3. The summed E-state index contributed by atoms with van der Waals surface area (Å²) in [6, 6.07) is 0.370. The van der Waals surface area contributed by atoms with E-state index in [1.807, 2.05) is 0 Å². The SMILES string of the molecule is C#CCCCN1CC(C)CC(N)C1. The predicted molar refractivity (Wildman–Crippen MR) is 56.3 cm³/mol. The van der Waals surface area contributed by atoms with E-state index in [9.17, 15) is 0 Å². The topological polar surface area (TPSA) is 29.3 Å². The Labute approximate surface area is 81.5 Å². The van der Waals surface area contributed by atoms with Crippen LogP contribution < -0.4 is 5.73 Å². The lowest BCUT2D eigenvalue weighted by Gasteiger charge is -2.34. The summed E-state index contributed by atoms with van der Waals surface area (Å²) in [7, 11) is 0. The first-order chi connectivity index (χ1) is 6.22. The molecule has 13 heavy (non-hydrogen) atoms. The van der Waals surface area contributed by atoms with Crippen molar-refractivity contribution in [3.8, 4) is 12.3 Å². The van der Waals surface area contributed by atoms with Crippen molar-refractivity contribution in [2.24, 2.45) is 11.7 Å². The Balaban J connectivity index is 2.22. The first-order valence-corrected chi connectivity index (χ1v) is 5.13. The first kappa shape index (κ1) is 10.6. The van der Waals surface area contributed by atoms with E-state index in [1.165, 1.54) is 13.0 Å². The molecule has 0 aromatic rings. The molecule has 1 aliphatic heterocycles. The number of rotatable bonds is 3. The summed E-state index contributed by atoms with van der Waals surface area (Å²) in [5.41, 5.74) is 5.94. The molecule has 2 atom stereocenters. The number of hydrogen-bond acceptors (Lipinski definition) is 2. The van der Waals surface area contributed by atoms with Crippen LogP contribution in [0.15, 0.2) is 0 Å². The molecule has 74 valence electrons. The van der Waals surface area contributed by atoms with Crippen LogP contribution in [-0.4, -0.2) is 30.6 Å². The van der Waals surface area contributed by atoms with E-state index in [4.69, 9.17) is 12.2 Å². The molecule has 1 aliphatic rings. The Kier molecular flexibility index (Phi) is 4.27. The minimum absolute atomic E-state index is 0.370. The van der Waals surface area contributed by atoms with E-state index in [0.29, 0.717) is 6.04 Å². The molecule has 2 heteroatoms. The number of piperidine rings is 1. The third kappa shape index (κ3) is 3.80. The maximum Gasteiger partial charge on any atom is 0.0170 e. The van der Waals surface area contributed by atoms with E-state index in [2.05, 4.69) is 17.7 Å². The minimum atomic E-state index is 0.370. The van der Waals surface area contributed by atoms with Crippen LogP contribution in [0.3, 0.4) is 0 Å². The maximum atomic E-state index is 5.94. The van der Waals surface area contributed by atoms with Gasteiger partial charge in [0, 0.05) is 25.6 Å². The highest BCUT2D eigenvalue weighted by Gasteiger charge is 2.21. The summed E-state index contributed by atoms with van der Waals surface area (Å²) in [5, 5.41) is 0. The summed E-state index contributed by atoms with van der Waals surface area (Å²) in [5.74, 6) is 3.42. The molecule has 1 fully saturated rings. The summed E-state index contributed by atoms with van der Waals surface area (Å²) < 4.78 is 0. The lowest BCUT2D eigenvalue weighted by atomic mass is 9.96. The largest absolute Gasteiger partial charge is 0.327 e. The Morgan fingerprint density at radius 3 is 2.92 bits per heavy atom. The number of terminal acetylenes is 1. The van der Waals surface area contributed by atoms with Crippen LogP contribution in [0.4, 0.5) is 0 Å². The first-order valence-electron chi connectivity index (χ1n) is 5.13. The summed E-state index contributed by atoms with van der Waals surface area (Å²) >= 11 is 0. The van der Waals surface area contributed by atoms with Gasteiger partial charge >= 0.3 is 0 Å². The van der Waals surface area contributed by atoms with Crippen molar-refractivity contribution in [3.05, 3.63) is 0 Å². The molecule has 0 bridgehead atoms. The van der Waals surface area contributed by atoms with Gasteiger partial charge in [-0.25, -0.2) is 0 Å². The van der Waals surface area contributed by atoms with Crippen molar-refractivity contribution in [1.82, 2.24) is 4.90 Å². The molecule has 0 saturated carbocycles. The molecule has 2 nitrogen and oxygen atoms in total. The molecule has 0 aromatic carbocycles. The van der Waals surface area contributed by atoms with Crippen molar-refractivity contribution in [2.75, 3.05) is 19.6 Å². The molecular formula is C11H20N2. The molecule has 1 heterocycles. The molecule has 2 N–H and O–H groups in total. The number of likely N-dealkylation sites (tertiary alicyclic amines) is 1. The van der Waals surface area contributed by atoms with E-state index in [-0.39, 0.29) is 0 Å². The average molecular weight is 180 g/mol. The van der Waals surface area contributed by atoms with Gasteiger partial charge in [-0.3, -0.25) is 0 Å². The quantitative estimate of drug-likeness (QED) is 0.520. The lowest BCUT2D eigenvalue weighted by Crippen LogP contribution is -2.46. The van der Waals surface area contributed by atoms with Crippen LogP contribution in [0.1, 0.15) is 26.2 Å². The van der Waals surface area contributed by atoms with Gasteiger partial charge in [0.15, 0.2) is 0 Å². The van der Waals surface area contributed by atoms with Crippen molar-refractivity contribution in [2.45, 2.75) is 32.2 Å². The van der Waals surface area contributed by atoms with Gasteiger partial charge in [-0.05, 0) is 25.3 Å². The Hall–Kier alpha value is -0.520. The highest BCUT2D eigenvalue weighted by Crippen LogP contribution is 2.15. The molecule has 1 rings (SSSR count). The van der Waals surface area contributed by atoms with E-state index < -0.39 is 0 Å². The Morgan fingerprint density at radius 1 is 1.54 bits per heavy atom. The number of unbranched alkanes of at least 4 members (excludes halogenated alkanes) is 1. The normalized spacial score (nSPS) is 29.9. The smallest absolute Gasteiger partial charge is 0.0170 e. The Bertz CT molecular complexity index is 173. The maximum absolute atomic E-state index is 5.94. The fourth-order valence-corrected chi connectivity index (χ4v) is 2.10. The summed E-state index contributed by atoms with van der Waals surface area (Å²) in [6.07, 6.45) is 8.37. The molecular weight excluding hydrogens is 160 g/mol. The summed E-state index contributed by atoms with van der Waals surface area (Å²) in [4.78, 5) is 2.44. The van der Waals surface area contributed by atoms with Crippen molar-refractivity contribution in [1.29, 1.82) is 0 Å². The van der Waals surface area contributed by atoms with Crippen LogP contribution in [-0.2, 0) is 0 Å². The van der Waals surface area contributed by atoms with Gasteiger partial charge in [-0.2, -0.15) is 0 Å². The second-order valence-corrected chi connectivity index (χ2v) is 4.17. The third-order valence-electron chi connectivity index (χ3n) is 2.56. The van der Waals surface area contributed by atoms with Gasteiger partial charge in [0.1, 0.15) is 0 Å². The van der Waals surface area contributed by atoms with Gasteiger partial charge in [0.2, 0.25) is 0 Å².